The highest BCUT2D eigenvalue weighted by Gasteiger charge is 2.18. The quantitative estimate of drug-likeness (QED) is 0.754. The third-order valence-corrected chi connectivity index (χ3v) is 6.78. The number of aryl methyl sites for hydroxylation is 1. The highest BCUT2D eigenvalue weighted by atomic mass is 35.5. The lowest BCUT2D eigenvalue weighted by molar-refractivity contribution is -0.113. The number of thioether (sulfide) groups is 1. The van der Waals surface area contributed by atoms with Crippen molar-refractivity contribution in [3.63, 3.8) is 0 Å². The fourth-order valence-corrected chi connectivity index (χ4v) is 3.97. The lowest BCUT2D eigenvalue weighted by Crippen LogP contribution is -2.22. The summed E-state index contributed by atoms with van der Waals surface area (Å²) in [6, 6.07) is 12.0. The molecule has 25 heavy (non-hydrogen) atoms. The van der Waals surface area contributed by atoms with Crippen LogP contribution in [0.5, 0.6) is 0 Å². The van der Waals surface area contributed by atoms with E-state index in [1.165, 1.54) is 38.0 Å². The monoisotopic (exact) mass is 398 g/mol. The van der Waals surface area contributed by atoms with Gasteiger partial charge in [-0.3, -0.25) is 4.79 Å². The first-order valence-corrected chi connectivity index (χ1v) is 10.2. The Bertz CT molecular complexity index is 883. The fraction of sp³-hybridized carbons (Fsp3) is 0.235. The van der Waals surface area contributed by atoms with Crippen LogP contribution in [-0.2, 0) is 14.8 Å². The van der Waals surface area contributed by atoms with E-state index in [4.69, 9.17) is 11.6 Å². The molecule has 0 atom stereocenters. The summed E-state index contributed by atoms with van der Waals surface area (Å²) in [6.45, 7) is 1.81. The minimum Gasteiger partial charge on any atom is -0.325 e. The molecule has 0 aliphatic carbocycles. The highest BCUT2D eigenvalue weighted by molar-refractivity contribution is 8.00. The van der Waals surface area contributed by atoms with Crippen molar-refractivity contribution in [2.24, 2.45) is 0 Å². The molecule has 5 nitrogen and oxygen atoms in total. The second kappa shape index (κ2) is 8.23. The molecule has 0 radical (unpaired) electrons. The van der Waals surface area contributed by atoms with Crippen molar-refractivity contribution in [3.05, 3.63) is 53.1 Å². The number of halogens is 1. The maximum Gasteiger partial charge on any atom is 0.242 e. The van der Waals surface area contributed by atoms with E-state index in [0.29, 0.717) is 10.7 Å². The maximum absolute atomic E-state index is 12.2. The lowest BCUT2D eigenvalue weighted by Gasteiger charge is -2.14. The van der Waals surface area contributed by atoms with E-state index in [-0.39, 0.29) is 16.6 Å². The Morgan fingerprint density at radius 3 is 2.52 bits per heavy atom. The molecule has 0 spiro atoms. The van der Waals surface area contributed by atoms with Gasteiger partial charge in [-0.1, -0.05) is 29.8 Å². The number of hydrogen-bond acceptors (Lipinski definition) is 4. The van der Waals surface area contributed by atoms with Gasteiger partial charge in [0.05, 0.1) is 15.7 Å². The first-order chi connectivity index (χ1) is 11.7. The fourth-order valence-electron chi connectivity index (χ4n) is 2.00. The number of rotatable bonds is 6. The van der Waals surface area contributed by atoms with Crippen molar-refractivity contribution in [3.8, 4) is 0 Å². The molecule has 0 unspecified atom stereocenters. The van der Waals surface area contributed by atoms with Gasteiger partial charge >= 0.3 is 0 Å². The summed E-state index contributed by atoms with van der Waals surface area (Å²) in [5, 5.41) is 3.36. The minimum atomic E-state index is -3.55. The van der Waals surface area contributed by atoms with Gasteiger partial charge in [0.1, 0.15) is 0 Å². The first kappa shape index (κ1) is 19.8. The molecule has 0 aliphatic heterocycles. The van der Waals surface area contributed by atoms with Crippen molar-refractivity contribution < 1.29 is 13.2 Å². The van der Waals surface area contributed by atoms with E-state index in [0.717, 1.165) is 14.8 Å². The smallest absolute Gasteiger partial charge is 0.242 e. The zero-order valence-corrected chi connectivity index (χ0v) is 16.5. The second-order valence-corrected chi connectivity index (χ2v) is 9.11. The summed E-state index contributed by atoms with van der Waals surface area (Å²) in [4.78, 5) is 13.2. The van der Waals surface area contributed by atoms with Gasteiger partial charge in [0.15, 0.2) is 0 Å². The van der Waals surface area contributed by atoms with Gasteiger partial charge in [0, 0.05) is 24.7 Å². The Morgan fingerprint density at radius 2 is 1.88 bits per heavy atom. The van der Waals surface area contributed by atoms with Crippen molar-refractivity contribution in [2.45, 2.75) is 16.7 Å². The number of hydrogen-bond donors (Lipinski definition) is 1. The third kappa shape index (κ3) is 4.98. The number of benzene rings is 2. The molecule has 1 amide bonds. The van der Waals surface area contributed by atoms with E-state index in [1.807, 2.05) is 25.1 Å². The number of anilines is 1. The molecule has 0 saturated carbocycles. The molecule has 0 fully saturated rings. The predicted octanol–water partition coefficient (Wildman–Crippen LogP) is 3.63. The molecule has 0 aromatic heterocycles. The maximum atomic E-state index is 12.2. The number of amides is 1. The molecule has 0 bridgehead atoms. The van der Waals surface area contributed by atoms with Gasteiger partial charge in [0.25, 0.3) is 0 Å². The van der Waals surface area contributed by atoms with E-state index in [2.05, 4.69) is 5.32 Å². The van der Waals surface area contributed by atoms with Crippen LogP contribution in [0.25, 0.3) is 0 Å². The summed E-state index contributed by atoms with van der Waals surface area (Å²) >= 11 is 7.39. The Hall–Kier alpha value is -1.54. The first-order valence-electron chi connectivity index (χ1n) is 7.42. The second-order valence-electron chi connectivity index (χ2n) is 5.53. The molecule has 0 heterocycles. The van der Waals surface area contributed by atoms with E-state index in [9.17, 15) is 13.2 Å². The zero-order valence-electron chi connectivity index (χ0n) is 14.1. The van der Waals surface area contributed by atoms with Crippen molar-refractivity contribution >= 4 is 45.0 Å². The number of sulfonamides is 1. The van der Waals surface area contributed by atoms with Crippen LogP contribution in [0, 0.1) is 6.92 Å². The number of carbonyl (C=O) groups is 1. The molecule has 2 aromatic carbocycles. The normalized spacial score (nSPS) is 11.6. The third-order valence-electron chi connectivity index (χ3n) is 3.46. The van der Waals surface area contributed by atoms with Crippen LogP contribution < -0.4 is 5.32 Å². The Labute approximate surface area is 157 Å². The summed E-state index contributed by atoms with van der Waals surface area (Å²) in [5.41, 5.74) is 1.27. The standard InChI is InChI=1S/C17H19ClN2O3S2/c1-12-8-9-13(25(22,23)20(2)3)10-15(12)19-17(21)11-24-16-7-5-4-6-14(16)18/h4-10H,11H2,1-3H3,(H,19,21). The average molecular weight is 399 g/mol. The molecular weight excluding hydrogens is 380 g/mol. The topological polar surface area (TPSA) is 66.5 Å². The molecule has 2 rings (SSSR count). The van der Waals surface area contributed by atoms with E-state index >= 15 is 0 Å². The Balaban J connectivity index is 2.12. The van der Waals surface area contributed by atoms with Gasteiger partial charge in [-0.2, -0.15) is 0 Å². The summed E-state index contributed by atoms with van der Waals surface area (Å²) < 4.78 is 25.6. The minimum absolute atomic E-state index is 0.136. The molecule has 0 aliphatic rings. The molecule has 2 aromatic rings. The van der Waals surface area contributed by atoms with Gasteiger partial charge in [0.2, 0.25) is 15.9 Å². The van der Waals surface area contributed by atoms with Crippen LogP contribution in [-0.4, -0.2) is 38.5 Å². The summed E-state index contributed by atoms with van der Waals surface area (Å²) in [7, 11) is -0.622. The molecule has 0 saturated heterocycles. The summed E-state index contributed by atoms with van der Waals surface area (Å²) in [5.74, 6) is -0.0548. The average Bonchev–Trinajstić information content (AvgIpc) is 2.55. The van der Waals surface area contributed by atoms with Gasteiger partial charge in [-0.15, -0.1) is 11.8 Å². The molecule has 8 heteroatoms. The Morgan fingerprint density at radius 1 is 1.20 bits per heavy atom. The van der Waals surface area contributed by atoms with Crippen molar-refractivity contribution in [1.82, 2.24) is 4.31 Å². The van der Waals surface area contributed by atoms with E-state index < -0.39 is 10.0 Å². The highest BCUT2D eigenvalue weighted by Crippen LogP contribution is 2.27. The SMILES string of the molecule is Cc1ccc(S(=O)(=O)N(C)C)cc1NC(=O)CSc1ccccc1Cl. The molecule has 134 valence electrons. The zero-order chi connectivity index (χ0) is 18.6. The summed E-state index contributed by atoms with van der Waals surface area (Å²) in [6.07, 6.45) is 0. The van der Waals surface area contributed by atoms with Crippen LogP contribution in [0.15, 0.2) is 52.3 Å². The van der Waals surface area contributed by atoms with Crippen LogP contribution in [0.2, 0.25) is 5.02 Å². The van der Waals surface area contributed by atoms with Gasteiger partial charge in [-0.25, -0.2) is 12.7 Å². The molecular formula is C17H19ClN2O3S2. The van der Waals surface area contributed by atoms with E-state index in [1.54, 1.807) is 12.1 Å². The van der Waals surface area contributed by atoms with Crippen LogP contribution in [0.3, 0.4) is 0 Å². The van der Waals surface area contributed by atoms with Crippen molar-refractivity contribution in [2.75, 3.05) is 25.2 Å². The van der Waals surface area contributed by atoms with Crippen molar-refractivity contribution in [1.29, 1.82) is 0 Å². The largest absolute Gasteiger partial charge is 0.325 e. The lowest BCUT2D eigenvalue weighted by atomic mass is 10.2. The molecule has 1 N–H and O–H groups in total. The predicted molar refractivity (Wildman–Crippen MR) is 103 cm³/mol. The number of nitrogens with one attached hydrogen (secondary N) is 1. The van der Waals surface area contributed by atoms with Crippen LogP contribution in [0.1, 0.15) is 5.56 Å². The van der Waals surface area contributed by atoms with Crippen LogP contribution >= 0.6 is 23.4 Å². The number of nitrogens with zero attached hydrogens (tertiary/aromatic N) is 1. The van der Waals surface area contributed by atoms with Gasteiger partial charge < -0.3 is 5.32 Å². The Kier molecular flexibility index (Phi) is 6.51. The van der Waals surface area contributed by atoms with Crippen LogP contribution in [0.4, 0.5) is 5.69 Å². The van der Waals surface area contributed by atoms with Gasteiger partial charge in [-0.05, 0) is 36.8 Å². The number of carbonyl (C=O) groups excluding carboxylic acids is 1.